The fourth-order valence-electron chi connectivity index (χ4n) is 1.41. The van der Waals surface area contributed by atoms with Crippen LogP contribution in [0.25, 0.3) is 0 Å². The molecule has 0 radical (unpaired) electrons. The molecule has 6 heteroatoms. The largest absolute Gasteiger partial charge is 0.369 e. The van der Waals surface area contributed by atoms with E-state index < -0.39 is 0 Å². The standard InChI is InChI=1S/C12H19ClN4O/c1-8-15-9(13)7-10(16-8)14-6-5-11(18)17-12(2,3)4/h7H,5-6H2,1-4H3,(H,17,18)(H,14,15,16). The predicted octanol–water partition coefficient (Wildman–Crippen LogP) is 2.16. The van der Waals surface area contributed by atoms with Crippen LogP contribution in [-0.2, 0) is 4.79 Å². The van der Waals surface area contributed by atoms with Crippen LogP contribution in [0.2, 0.25) is 5.15 Å². The zero-order chi connectivity index (χ0) is 13.8. The van der Waals surface area contributed by atoms with Crippen molar-refractivity contribution in [2.45, 2.75) is 39.7 Å². The molecule has 0 aromatic carbocycles. The molecule has 100 valence electrons. The molecule has 1 aromatic heterocycles. The number of aryl methyl sites for hydroxylation is 1. The van der Waals surface area contributed by atoms with E-state index in [-0.39, 0.29) is 11.4 Å². The van der Waals surface area contributed by atoms with Gasteiger partial charge in [0.05, 0.1) is 0 Å². The van der Waals surface area contributed by atoms with Gasteiger partial charge in [-0.3, -0.25) is 4.79 Å². The third-order valence-electron chi connectivity index (χ3n) is 1.98. The summed E-state index contributed by atoms with van der Waals surface area (Å²) >= 11 is 5.81. The van der Waals surface area contributed by atoms with Gasteiger partial charge in [0.15, 0.2) is 0 Å². The van der Waals surface area contributed by atoms with Gasteiger partial charge in [-0.15, -0.1) is 0 Å². The highest BCUT2D eigenvalue weighted by Gasteiger charge is 2.13. The molecule has 0 unspecified atom stereocenters. The van der Waals surface area contributed by atoms with Crippen molar-refractivity contribution < 1.29 is 4.79 Å². The Morgan fingerprint density at radius 2 is 2.06 bits per heavy atom. The summed E-state index contributed by atoms with van der Waals surface area (Å²) in [6.07, 6.45) is 0.387. The number of nitrogens with zero attached hydrogens (tertiary/aromatic N) is 2. The highest BCUT2D eigenvalue weighted by atomic mass is 35.5. The van der Waals surface area contributed by atoms with Crippen LogP contribution in [0.5, 0.6) is 0 Å². The molecule has 0 aliphatic carbocycles. The lowest BCUT2D eigenvalue weighted by Gasteiger charge is -2.20. The second kappa shape index (κ2) is 6.00. The molecular formula is C12H19ClN4O. The van der Waals surface area contributed by atoms with E-state index in [1.54, 1.807) is 13.0 Å². The number of nitrogens with one attached hydrogen (secondary N) is 2. The zero-order valence-electron chi connectivity index (χ0n) is 11.2. The third-order valence-corrected chi connectivity index (χ3v) is 2.17. The molecule has 1 rings (SSSR count). The van der Waals surface area contributed by atoms with E-state index in [2.05, 4.69) is 20.6 Å². The van der Waals surface area contributed by atoms with E-state index in [4.69, 9.17) is 11.6 Å². The van der Waals surface area contributed by atoms with Crippen molar-refractivity contribution in [1.82, 2.24) is 15.3 Å². The Morgan fingerprint density at radius 3 is 2.61 bits per heavy atom. The van der Waals surface area contributed by atoms with Crippen LogP contribution in [0.1, 0.15) is 33.0 Å². The quantitative estimate of drug-likeness (QED) is 0.823. The highest BCUT2D eigenvalue weighted by molar-refractivity contribution is 6.29. The molecule has 1 heterocycles. The Hall–Kier alpha value is -1.36. The molecule has 0 bridgehead atoms. The van der Waals surface area contributed by atoms with Crippen LogP contribution in [0.15, 0.2) is 6.07 Å². The lowest BCUT2D eigenvalue weighted by atomic mass is 10.1. The van der Waals surface area contributed by atoms with E-state index >= 15 is 0 Å². The number of carbonyl (C=O) groups is 1. The highest BCUT2D eigenvalue weighted by Crippen LogP contribution is 2.10. The zero-order valence-corrected chi connectivity index (χ0v) is 11.9. The van der Waals surface area contributed by atoms with E-state index in [1.807, 2.05) is 20.8 Å². The maximum Gasteiger partial charge on any atom is 0.222 e. The molecule has 0 fully saturated rings. The Morgan fingerprint density at radius 1 is 1.39 bits per heavy atom. The van der Waals surface area contributed by atoms with Crippen molar-refractivity contribution in [3.05, 3.63) is 17.0 Å². The van der Waals surface area contributed by atoms with Gasteiger partial charge in [-0.25, -0.2) is 9.97 Å². The van der Waals surface area contributed by atoms with Gasteiger partial charge in [0.2, 0.25) is 5.91 Å². The van der Waals surface area contributed by atoms with Crippen molar-refractivity contribution in [2.24, 2.45) is 0 Å². The van der Waals surface area contributed by atoms with Gasteiger partial charge in [-0.1, -0.05) is 11.6 Å². The van der Waals surface area contributed by atoms with Gasteiger partial charge in [-0.2, -0.15) is 0 Å². The van der Waals surface area contributed by atoms with Crippen LogP contribution in [-0.4, -0.2) is 28.0 Å². The van der Waals surface area contributed by atoms with Crippen molar-refractivity contribution in [3.63, 3.8) is 0 Å². The fraction of sp³-hybridized carbons (Fsp3) is 0.583. The average molecular weight is 271 g/mol. The molecule has 0 aliphatic heterocycles. The Bertz CT molecular complexity index is 408. The number of rotatable bonds is 4. The Labute approximate surface area is 112 Å². The summed E-state index contributed by atoms with van der Waals surface area (Å²) in [5, 5.41) is 6.33. The Kier molecular flexibility index (Phi) is 4.90. The first kappa shape index (κ1) is 14.7. The number of hydrogen-bond acceptors (Lipinski definition) is 4. The molecule has 2 N–H and O–H groups in total. The van der Waals surface area contributed by atoms with Gasteiger partial charge < -0.3 is 10.6 Å². The van der Waals surface area contributed by atoms with Crippen LogP contribution in [0, 0.1) is 6.92 Å². The first-order valence-corrected chi connectivity index (χ1v) is 6.20. The van der Waals surface area contributed by atoms with Gasteiger partial charge in [-0.05, 0) is 27.7 Å². The smallest absolute Gasteiger partial charge is 0.222 e. The molecule has 0 spiro atoms. The molecule has 5 nitrogen and oxygen atoms in total. The summed E-state index contributed by atoms with van der Waals surface area (Å²) < 4.78 is 0. The number of aromatic nitrogens is 2. The number of carbonyl (C=O) groups excluding carboxylic acids is 1. The van der Waals surface area contributed by atoms with Gasteiger partial charge >= 0.3 is 0 Å². The van der Waals surface area contributed by atoms with Crippen LogP contribution in [0.4, 0.5) is 5.82 Å². The van der Waals surface area contributed by atoms with Crippen LogP contribution >= 0.6 is 11.6 Å². The third kappa shape index (κ3) is 5.82. The second-order valence-corrected chi connectivity index (χ2v) is 5.49. The topological polar surface area (TPSA) is 66.9 Å². The molecule has 1 aromatic rings. The van der Waals surface area contributed by atoms with Gasteiger partial charge in [0.1, 0.15) is 16.8 Å². The van der Waals surface area contributed by atoms with Crippen molar-refractivity contribution in [1.29, 1.82) is 0 Å². The maximum absolute atomic E-state index is 11.6. The van der Waals surface area contributed by atoms with Crippen molar-refractivity contribution >= 4 is 23.3 Å². The summed E-state index contributed by atoms with van der Waals surface area (Å²) in [5.41, 5.74) is -0.202. The minimum absolute atomic E-state index is 0.00637. The molecular weight excluding hydrogens is 252 g/mol. The van der Waals surface area contributed by atoms with Gasteiger partial charge in [0.25, 0.3) is 0 Å². The molecule has 0 saturated heterocycles. The predicted molar refractivity (Wildman–Crippen MR) is 72.8 cm³/mol. The monoisotopic (exact) mass is 270 g/mol. The summed E-state index contributed by atoms with van der Waals surface area (Å²) in [5.74, 6) is 1.24. The van der Waals surface area contributed by atoms with Crippen LogP contribution in [0.3, 0.4) is 0 Å². The minimum atomic E-state index is -0.202. The number of anilines is 1. The molecule has 0 saturated carbocycles. The maximum atomic E-state index is 11.6. The van der Waals surface area contributed by atoms with E-state index in [1.165, 1.54) is 0 Å². The Balaban J connectivity index is 2.40. The summed E-state index contributed by atoms with van der Waals surface area (Å²) in [4.78, 5) is 19.7. The van der Waals surface area contributed by atoms with Gasteiger partial charge in [0, 0.05) is 24.6 Å². The first-order valence-electron chi connectivity index (χ1n) is 5.82. The average Bonchev–Trinajstić information content (AvgIpc) is 2.12. The molecule has 0 atom stereocenters. The first-order chi connectivity index (χ1) is 8.26. The lowest BCUT2D eigenvalue weighted by Crippen LogP contribution is -2.41. The number of hydrogen-bond donors (Lipinski definition) is 2. The van der Waals surface area contributed by atoms with Crippen molar-refractivity contribution in [3.8, 4) is 0 Å². The SMILES string of the molecule is Cc1nc(Cl)cc(NCCC(=O)NC(C)(C)C)n1. The molecule has 18 heavy (non-hydrogen) atoms. The van der Waals surface area contributed by atoms with E-state index in [0.29, 0.717) is 29.8 Å². The minimum Gasteiger partial charge on any atom is -0.369 e. The van der Waals surface area contributed by atoms with E-state index in [9.17, 15) is 4.79 Å². The fourth-order valence-corrected chi connectivity index (χ4v) is 1.63. The summed E-state index contributed by atoms with van der Waals surface area (Å²) in [6.45, 7) is 8.13. The molecule has 1 amide bonds. The summed E-state index contributed by atoms with van der Waals surface area (Å²) in [7, 11) is 0. The lowest BCUT2D eigenvalue weighted by molar-refractivity contribution is -0.122. The van der Waals surface area contributed by atoms with Crippen LogP contribution < -0.4 is 10.6 Å². The summed E-state index contributed by atoms with van der Waals surface area (Å²) in [6, 6.07) is 1.64. The second-order valence-electron chi connectivity index (χ2n) is 5.10. The normalized spacial score (nSPS) is 11.2. The number of amides is 1. The van der Waals surface area contributed by atoms with E-state index in [0.717, 1.165) is 0 Å². The van der Waals surface area contributed by atoms with Crippen molar-refractivity contribution in [2.75, 3.05) is 11.9 Å². The number of halogens is 1. The molecule has 0 aliphatic rings.